The fourth-order valence-corrected chi connectivity index (χ4v) is 5.10. The molecule has 1 N–H and O–H groups in total. The van der Waals surface area contributed by atoms with Gasteiger partial charge in [-0.05, 0) is 44.5 Å². The second-order valence-corrected chi connectivity index (χ2v) is 7.64. The van der Waals surface area contributed by atoms with Gasteiger partial charge >= 0.3 is 6.03 Å². The molecule has 1 aromatic rings. The number of benzene rings is 1. The van der Waals surface area contributed by atoms with Gasteiger partial charge in [0.2, 0.25) is 0 Å². The zero-order valence-electron chi connectivity index (χ0n) is 16.7. The van der Waals surface area contributed by atoms with Crippen LogP contribution in [-0.2, 0) is 6.54 Å². The average molecular weight is 371 g/mol. The number of ether oxygens (including phenoxy) is 2. The largest absolute Gasteiger partial charge is 0.497 e. The first-order chi connectivity index (χ1) is 13.1. The third-order valence-electron chi connectivity index (χ3n) is 6.34. The second kappa shape index (κ2) is 6.75. The van der Waals surface area contributed by atoms with Crippen molar-refractivity contribution in [3.63, 3.8) is 0 Å². The monoisotopic (exact) mass is 371 g/mol. The lowest BCUT2D eigenvalue weighted by Gasteiger charge is -2.41. The number of piperidine rings is 1. The number of methoxy groups -OCH3 is 2. The van der Waals surface area contributed by atoms with Crippen molar-refractivity contribution in [2.24, 2.45) is 0 Å². The van der Waals surface area contributed by atoms with Crippen LogP contribution in [0.1, 0.15) is 43.7 Å². The molecule has 1 spiro atoms. The molecule has 3 aliphatic rings. The highest BCUT2D eigenvalue weighted by Gasteiger charge is 2.54. The third-order valence-corrected chi connectivity index (χ3v) is 6.34. The molecule has 1 atom stereocenters. The number of amides is 2. The first-order valence-electron chi connectivity index (χ1n) is 9.82. The van der Waals surface area contributed by atoms with E-state index in [9.17, 15) is 4.79 Å². The lowest BCUT2D eigenvalue weighted by Crippen LogP contribution is -2.52. The molecular formula is C21H29N3O3. The number of hydrogen-bond acceptors (Lipinski definition) is 4. The number of urea groups is 1. The summed E-state index contributed by atoms with van der Waals surface area (Å²) in [7, 11) is 3.36. The van der Waals surface area contributed by atoms with Crippen LogP contribution in [0.3, 0.4) is 0 Å². The van der Waals surface area contributed by atoms with Crippen molar-refractivity contribution in [2.75, 3.05) is 33.9 Å². The Kier molecular flexibility index (Phi) is 4.54. The summed E-state index contributed by atoms with van der Waals surface area (Å²) in [4.78, 5) is 17.4. The topological polar surface area (TPSA) is 54.0 Å². The molecule has 0 aliphatic carbocycles. The molecule has 0 aromatic heterocycles. The molecule has 146 valence electrons. The van der Waals surface area contributed by atoms with Crippen LogP contribution in [0.2, 0.25) is 0 Å². The van der Waals surface area contributed by atoms with Gasteiger partial charge in [-0.1, -0.05) is 13.0 Å². The molecule has 1 aromatic carbocycles. The number of nitrogens with one attached hydrogen (secondary N) is 1. The number of likely N-dealkylation sites (N-methyl/N-ethyl adjacent to an activating group) is 1. The smallest absolute Gasteiger partial charge is 0.325 e. The first kappa shape index (κ1) is 18.2. The van der Waals surface area contributed by atoms with Crippen LogP contribution in [0.15, 0.2) is 23.9 Å². The van der Waals surface area contributed by atoms with E-state index < -0.39 is 0 Å². The molecule has 3 aliphatic heterocycles. The molecule has 0 saturated carbocycles. The molecule has 0 unspecified atom stereocenters. The molecule has 0 bridgehead atoms. The molecular weight excluding hydrogens is 342 g/mol. The van der Waals surface area contributed by atoms with E-state index in [0.717, 1.165) is 55.1 Å². The minimum atomic E-state index is -0.190. The number of fused-ring (bicyclic) bond motifs is 3. The summed E-state index contributed by atoms with van der Waals surface area (Å²) in [5.41, 5.74) is 3.23. The van der Waals surface area contributed by atoms with Crippen LogP contribution in [0, 0.1) is 0 Å². The predicted molar refractivity (Wildman–Crippen MR) is 104 cm³/mol. The van der Waals surface area contributed by atoms with E-state index in [4.69, 9.17) is 9.47 Å². The van der Waals surface area contributed by atoms with Crippen molar-refractivity contribution in [1.82, 2.24) is 15.1 Å². The maximum Gasteiger partial charge on any atom is 0.325 e. The predicted octanol–water partition coefficient (Wildman–Crippen LogP) is 3.08. The summed E-state index contributed by atoms with van der Waals surface area (Å²) in [5, 5.41) is 3.45. The first-order valence-corrected chi connectivity index (χ1v) is 9.82. The van der Waals surface area contributed by atoms with E-state index in [0.29, 0.717) is 6.54 Å². The van der Waals surface area contributed by atoms with Gasteiger partial charge in [-0.15, -0.1) is 0 Å². The average Bonchev–Trinajstić information content (AvgIpc) is 2.81. The summed E-state index contributed by atoms with van der Waals surface area (Å²) < 4.78 is 11.1. The number of carbonyl (C=O) groups is 1. The van der Waals surface area contributed by atoms with E-state index in [2.05, 4.69) is 30.1 Å². The summed E-state index contributed by atoms with van der Waals surface area (Å²) in [6, 6.07) is 4.10. The number of allylic oxidation sites excluding steroid dienone is 1. The SMILES string of the molecule is CCN1C(=O)N2Cc3cc(OC)cc(OC)c3[C@@H](C)C=C2C12CCNCC2. The van der Waals surface area contributed by atoms with Crippen LogP contribution in [0.5, 0.6) is 11.5 Å². The molecule has 2 amide bonds. The Labute approximate surface area is 161 Å². The van der Waals surface area contributed by atoms with Crippen LogP contribution in [-0.4, -0.2) is 55.2 Å². The van der Waals surface area contributed by atoms with Gasteiger partial charge in [0.15, 0.2) is 0 Å². The fourth-order valence-electron chi connectivity index (χ4n) is 5.10. The van der Waals surface area contributed by atoms with E-state index in [-0.39, 0.29) is 17.5 Å². The zero-order valence-corrected chi connectivity index (χ0v) is 16.7. The van der Waals surface area contributed by atoms with Crippen LogP contribution in [0.4, 0.5) is 4.79 Å². The molecule has 3 heterocycles. The Bertz CT molecular complexity index is 783. The number of carbonyl (C=O) groups excluding carboxylic acids is 1. The van der Waals surface area contributed by atoms with Gasteiger partial charge in [0, 0.05) is 29.8 Å². The molecule has 2 fully saturated rings. The normalized spacial score (nSPS) is 23.6. The minimum absolute atomic E-state index is 0.118. The lowest BCUT2D eigenvalue weighted by molar-refractivity contribution is 0.141. The second-order valence-electron chi connectivity index (χ2n) is 7.64. The van der Waals surface area contributed by atoms with Gasteiger partial charge < -0.3 is 19.7 Å². The summed E-state index contributed by atoms with van der Waals surface area (Å²) >= 11 is 0. The third kappa shape index (κ3) is 2.61. The standard InChI is InChI=1S/C21H29N3O3/c1-5-24-20(25)23-13-15-11-16(26-3)12-17(27-4)19(15)14(2)10-18(23)21(24)6-8-22-9-7-21/h10-12,14,22H,5-9,13H2,1-4H3/t14-/m0/s1. The van der Waals surface area contributed by atoms with Gasteiger partial charge in [0.25, 0.3) is 0 Å². The molecule has 2 saturated heterocycles. The quantitative estimate of drug-likeness (QED) is 0.887. The highest BCUT2D eigenvalue weighted by atomic mass is 16.5. The Balaban J connectivity index is 1.86. The zero-order chi connectivity index (χ0) is 19.2. The molecule has 4 rings (SSSR count). The van der Waals surface area contributed by atoms with E-state index in [1.807, 2.05) is 17.0 Å². The Morgan fingerprint density at radius 2 is 1.96 bits per heavy atom. The fraction of sp³-hybridized carbons (Fsp3) is 0.571. The highest BCUT2D eigenvalue weighted by molar-refractivity contribution is 5.83. The van der Waals surface area contributed by atoms with Crippen molar-refractivity contribution >= 4 is 6.03 Å². The van der Waals surface area contributed by atoms with Crippen molar-refractivity contribution < 1.29 is 14.3 Å². The van der Waals surface area contributed by atoms with Crippen LogP contribution in [0.25, 0.3) is 0 Å². The number of hydrogen-bond donors (Lipinski definition) is 1. The molecule has 6 nitrogen and oxygen atoms in total. The van der Waals surface area contributed by atoms with Gasteiger partial charge in [-0.25, -0.2) is 4.79 Å². The van der Waals surface area contributed by atoms with Crippen molar-refractivity contribution in [2.45, 2.75) is 44.7 Å². The maximum absolute atomic E-state index is 13.4. The Hall–Kier alpha value is -2.21. The summed E-state index contributed by atoms with van der Waals surface area (Å²) in [6.45, 7) is 7.44. The van der Waals surface area contributed by atoms with E-state index in [1.165, 1.54) is 5.70 Å². The van der Waals surface area contributed by atoms with Crippen molar-refractivity contribution in [3.05, 3.63) is 35.0 Å². The number of rotatable bonds is 3. The van der Waals surface area contributed by atoms with Gasteiger partial charge in [-0.3, -0.25) is 4.90 Å². The lowest BCUT2D eigenvalue weighted by atomic mass is 9.82. The minimum Gasteiger partial charge on any atom is -0.497 e. The van der Waals surface area contributed by atoms with E-state index in [1.54, 1.807) is 14.2 Å². The van der Waals surface area contributed by atoms with Gasteiger partial charge in [0.1, 0.15) is 11.5 Å². The van der Waals surface area contributed by atoms with Crippen molar-refractivity contribution in [1.29, 1.82) is 0 Å². The van der Waals surface area contributed by atoms with Crippen LogP contribution >= 0.6 is 0 Å². The summed E-state index contributed by atoms with van der Waals surface area (Å²) in [5.74, 6) is 1.75. The summed E-state index contributed by atoms with van der Waals surface area (Å²) in [6.07, 6.45) is 4.20. The number of nitrogens with zero attached hydrogens (tertiary/aromatic N) is 2. The van der Waals surface area contributed by atoms with Crippen LogP contribution < -0.4 is 14.8 Å². The molecule has 27 heavy (non-hydrogen) atoms. The van der Waals surface area contributed by atoms with E-state index >= 15 is 0 Å². The van der Waals surface area contributed by atoms with Gasteiger partial charge in [-0.2, -0.15) is 0 Å². The highest BCUT2D eigenvalue weighted by Crippen LogP contribution is 2.48. The maximum atomic E-state index is 13.4. The van der Waals surface area contributed by atoms with Gasteiger partial charge in [0.05, 0.1) is 26.3 Å². The van der Waals surface area contributed by atoms with Crippen molar-refractivity contribution in [3.8, 4) is 11.5 Å². The Morgan fingerprint density at radius 1 is 1.22 bits per heavy atom. The molecule has 0 radical (unpaired) electrons. The molecule has 6 heteroatoms. The Morgan fingerprint density at radius 3 is 2.59 bits per heavy atom.